The van der Waals surface area contributed by atoms with Crippen molar-refractivity contribution in [3.8, 4) is 11.3 Å². The largest absolute Gasteiger partial charge is 0.363 e. The van der Waals surface area contributed by atoms with Crippen LogP contribution in [0.2, 0.25) is 0 Å². The fourth-order valence-electron chi connectivity index (χ4n) is 10.6. The van der Waals surface area contributed by atoms with Gasteiger partial charge < -0.3 is 35.6 Å². The lowest BCUT2D eigenvalue weighted by Gasteiger charge is -2.41. The Bertz CT molecular complexity index is 2270. The molecule has 1 aliphatic carbocycles. The molecule has 5 atom stereocenters. The van der Waals surface area contributed by atoms with Crippen molar-refractivity contribution in [2.45, 2.75) is 103 Å². The van der Waals surface area contributed by atoms with Crippen LogP contribution in [0.25, 0.3) is 22.3 Å². The standard InChI is InChI=1S/C27H32N6.C27H42N4O2/c1-3-32-13-15-33(16-14-32)18-21-9-11-23(12-10-21)25-17-24-26(28-19-29-27(24)31-25)30-20(2)22-7-5-4-6-8-22;1-20(28-2)26(32)29-25(23-11-7-4-8-12-23)27(33)31-18-15-22-14-17-30(19-24(22)31)16-13-21-9-5-3-6-10-21/h4-12,17,19-20H,3,13-16,18H2,1-2H3,(H2,28,29,30,31);3,5-6,9-10,20,22-25,28H,4,7-8,11-19H2,1-2H3,(H,29,32)/t20-;/m1./s1. The zero-order chi connectivity index (χ0) is 45.8. The molecule has 5 aromatic rings. The first-order valence-electron chi connectivity index (χ1n) is 25.0. The van der Waals surface area contributed by atoms with E-state index >= 15 is 0 Å². The Morgan fingerprint density at radius 2 is 1.47 bits per heavy atom. The molecule has 1 saturated carbocycles. The van der Waals surface area contributed by atoms with Crippen molar-refractivity contribution in [3.63, 3.8) is 0 Å². The summed E-state index contributed by atoms with van der Waals surface area (Å²) >= 11 is 0. The van der Waals surface area contributed by atoms with Gasteiger partial charge in [0.15, 0.2) is 0 Å². The third-order valence-electron chi connectivity index (χ3n) is 15.0. The third kappa shape index (κ3) is 12.1. The predicted molar refractivity (Wildman–Crippen MR) is 267 cm³/mol. The zero-order valence-electron chi connectivity index (χ0n) is 39.9. The van der Waals surface area contributed by atoms with E-state index in [0.29, 0.717) is 5.92 Å². The molecule has 3 aliphatic heterocycles. The molecule has 3 saturated heterocycles. The quantitative estimate of drug-likeness (QED) is 0.0836. The van der Waals surface area contributed by atoms with Crippen LogP contribution in [0.3, 0.4) is 0 Å². The molecule has 352 valence electrons. The minimum atomic E-state index is -0.382. The molecule has 0 bridgehead atoms. The van der Waals surface area contributed by atoms with E-state index in [-0.39, 0.29) is 41.9 Å². The minimum Gasteiger partial charge on any atom is -0.363 e. The Kier molecular flexibility index (Phi) is 16.5. The number of likely N-dealkylation sites (tertiary alicyclic amines) is 2. The number of amides is 2. The lowest BCUT2D eigenvalue weighted by molar-refractivity contribution is -0.140. The highest BCUT2D eigenvalue weighted by atomic mass is 16.2. The summed E-state index contributed by atoms with van der Waals surface area (Å²) in [6.07, 6.45) is 10.6. The number of likely N-dealkylation sites (N-methyl/N-ethyl adjacent to an activating group) is 2. The van der Waals surface area contributed by atoms with Gasteiger partial charge in [-0.05, 0) is 106 Å². The average molecular weight is 895 g/mol. The van der Waals surface area contributed by atoms with Crippen molar-refractivity contribution in [3.05, 3.63) is 114 Å². The smallest absolute Gasteiger partial charge is 0.245 e. The summed E-state index contributed by atoms with van der Waals surface area (Å²) in [5.41, 5.74) is 7.03. The third-order valence-corrected chi connectivity index (χ3v) is 15.0. The lowest BCUT2D eigenvalue weighted by atomic mass is 9.83. The van der Waals surface area contributed by atoms with Crippen LogP contribution in [0.5, 0.6) is 0 Å². The molecule has 0 radical (unpaired) electrons. The number of rotatable bonds is 15. The Morgan fingerprint density at radius 3 is 2.18 bits per heavy atom. The number of piperazine rings is 1. The van der Waals surface area contributed by atoms with E-state index in [2.05, 4.69) is 149 Å². The average Bonchev–Trinajstić information content (AvgIpc) is 4.01. The van der Waals surface area contributed by atoms with E-state index in [1.807, 2.05) is 13.0 Å². The van der Waals surface area contributed by atoms with Crippen LogP contribution in [0.4, 0.5) is 5.82 Å². The maximum atomic E-state index is 13.9. The normalized spacial score (nSPS) is 21.1. The van der Waals surface area contributed by atoms with Gasteiger partial charge in [-0.25, -0.2) is 9.97 Å². The number of hydrogen-bond acceptors (Lipinski definition) is 9. The number of anilines is 1. The van der Waals surface area contributed by atoms with Crippen molar-refractivity contribution in [1.29, 1.82) is 0 Å². The van der Waals surface area contributed by atoms with Crippen molar-refractivity contribution in [2.75, 3.05) is 71.3 Å². The number of carbonyl (C=O) groups excluding carboxylic acids is 2. The first-order chi connectivity index (χ1) is 32.3. The van der Waals surface area contributed by atoms with Crippen LogP contribution < -0.4 is 16.0 Å². The molecule has 12 heteroatoms. The first-order valence-corrected chi connectivity index (χ1v) is 25.0. The first kappa shape index (κ1) is 47.4. The maximum Gasteiger partial charge on any atom is 0.245 e. The van der Waals surface area contributed by atoms with Gasteiger partial charge in [0, 0.05) is 70.1 Å². The SMILES string of the molecule is CCN1CCN(Cc2ccc(-c3cc4c(N[C@H](C)c5ccccc5)ncnc4[nH]3)cc2)CC1.CNC(C)C(=O)NC(C(=O)N1CCC2CCN(CCc3ccccc3)CC21)C1CCCCC1. The Morgan fingerprint density at radius 1 is 0.773 bits per heavy atom. The second-order valence-electron chi connectivity index (χ2n) is 19.2. The number of nitrogens with zero attached hydrogens (tertiary/aromatic N) is 6. The monoisotopic (exact) mass is 895 g/mol. The molecule has 2 amide bonds. The molecule has 4 unspecified atom stereocenters. The van der Waals surface area contributed by atoms with E-state index in [1.165, 1.54) is 42.6 Å². The number of carbonyl (C=O) groups is 2. The summed E-state index contributed by atoms with van der Waals surface area (Å²) < 4.78 is 0. The fourth-order valence-corrected chi connectivity index (χ4v) is 10.6. The van der Waals surface area contributed by atoms with Gasteiger partial charge in [-0.3, -0.25) is 14.5 Å². The molecule has 4 N–H and O–H groups in total. The number of aromatic nitrogens is 3. The molecule has 66 heavy (non-hydrogen) atoms. The Balaban J connectivity index is 0.000000179. The molecule has 4 aliphatic rings. The van der Waals surface area contributed by atoms with Crippen LogP contribution in [0.1, 0.15) is 88.4 Å². The summed E-state index contributed by atoms with van der Waals surface area (Å²) in [6.45, 7) is 17.0. The summed E-state index contributed by atoms with van der Waals surface area (Å²) in [7, 11) is 1.79. The molecule has 0 spiro atoms. The number of aromatic amines is 1. The topological polar surface area (TPSA) is 125 Å². The van der Waals surface area contributed by atoms with Crippen molar-refractivity contribution < 1.29 is 9.59 Å². The number of hydrogen-bond donors (Lipinski definition) is 4. The fraction of sp³-hybridized carbons (Fsp3) is 0.519. The number of fused-ring (bicyclic) bond motifs is 2. The number of benzene rings is 3. The van der Waals surface area contributed by atoms with Crippen LogP contribution in [0.15, 0.2) is 97.3 Å². The van der Waals surface area contributed by atoms with Crippen LogP contribution in [0, 0.1) is 11.8 Å². The van der Waals surface area contributed by atoms with Crippen molar-refractivity contribution in [1.82, 2.24) is 45.2 Å². The van der Waals surface area contributed by atoms with Crippen LogP contribution in [-0.4, -0.2) is 130 Å². The van der Waals surface area contributed by atoms with Gasteiger partial charge in [-0.15, -0.1) is 0 Å². The highest BCUT2D eigenvalue weighted by molar-refractivity contribution is 5.92. The number of piperidine rings is 1. The lowest BCUT2D eigenvalue weighted by Crippen LogP contribution is -2.58. The molecule has 9 rings (SSSR count). The van der Waals surface area contributed by atoms with Gasteiger partial charge in [0.05, 0.1) is 11.4 Å². The van der Waals surface area contributed by atoms with E-state index in [4.69, 9.17) is 0 Å². The molecular formula is C54H74N10O2. The number of nitrogens with one attached hydrogen (secondary N) is 4. The van der Waals surface area contributed by atoms with Gasteiger partial charge in [0.1, 0.15) is 23.8 Å². The van der Waals surface area contributed by atoms with E-state index in [0.717, 1.165) is 119 Å². The summed E-state index contributed by atoms with van der Waals surface area (Å²) in [5, 5.41) is 10.7. The maximum absolute atomic E-state index is 13.9. The highest BCUT2D eigenvalue weighted by Gasteiger charge is 2.44. The summed E-state index contributed by atoms with van der Waals surface area (Å²) in [4.78, 5) is 48.8. The highest BCUT2D eigenvalue weighted by Crippen LogP contribution is 2.35. The zero-order valence-corrected chi connectivity index (χ0v) is 39.9. The van der Waals surface area contributed by atoms with E-state index in [9.17, 15) is 9.59 Å². The summed E-state index contributed by atoms with van der Waals surface area (Å²) in [6, 6.07) is 31.9. The number of H-pyrrole nitrogens is 1. The van der Waals surface area contributed by atoms with Crippen LogP contribution in [-0.2, 0) is 22.6 Å². The van der Waals surface area contributed by atoms with Gasteiger partial charge in [-0.2, -0.15) is 0 Å². The van der Waals surface area contributed by atoms with E-state index in [1.54, 1.807) is 13.4 Å². The molecule has 5 heterocycles. The Hall–Kier alpha value is -5.14. The van der Waals surface area contributed by atoms with Gasteiger partial charge in [0.2, 0.25) is 11.8 Å². The minimum absolute atomic E-state index is 0.0645. The van der Waals surface area contributed by atoms with Gasteiger partial charge in [-0.1, -0.05) is 111 Å². The molecular weight excluding hydrogens is 821 g/mol. The Labute approximate surface area is 393 Å². The molecule has 4 fully saturated rings. The summed E-state index contributed by atoms with van der Waals surface area (Å²) in [5.74, 6) is 1.81. The van der Waals surface area contributed by atoms with Crippen molar-refractivity contribution in [2.24, 2.45) is 11.8 Å². The van der Waals surface area contributed by atoms with Gasteiger partial charge >= 0.3 is 0 Å². The van der Waals surface area contributed by atoms with Crippen LogP contribution >= 0.6 is 0 Å². The second kappa shape index (κ2) is 23.0. The second-order valence-corrected chi connectivity index (χ2v) is 19.2. The molecule has 2 aromatic heterocycles. The van der Waals surface area contributed by atoms with Gasteiger partial charge in [0.25, 0.3) is 0 Å². The molecule has 12 nitrogen and oxygen atoms in total. The predicted octanol–water partition coefficient (Wildman–Crippen LogP) is 7.76. The van der Waals surface area contributed by atoms with Crippen molar-refractivity contribution >= 4 is 28.7 Å². The van der Waals surface area contributed by atoms with E-state index < -0.39 is 0 Å². The molecule has 3 aromatic carbocycles.